The van der Waals surface area contributed by atoms with Gasteiger partial charge in [0, 0.05) is 11.4 Å². The van der Waals surface area contributed by atoms with Gasteiger partial charge in [0.2, 0.25) is 10.0 Å². The van der Waals surface area contributed by atoms with Gasteiger partial charge in [-0.2, -0.15) is 0 Å². The van der Waals surface area contributed by atoms with E-state index in [-0.39, 0.29) is 18.2 Å². The molecule has 6 heteroatoms. The number of thioether (sulfide) groups is 1. The van der Waals surface area contributed by atoms with Gasteiger partial charge in [0.1, 0.15) is 0 Å². The van der Waals surface area contributed by atoms with Crippen molar-refractivity contribution in [3.05, 3.63) is 29.8 Å². The molecule has 0 aliphatic carbocycles. The van der Waals surface area contributed by atoms with Gasteiger partial charge < -0.3 is 5.11 Å². The van der Waals surface area contributed by atoms with Crippen LogP contribution < -0.4 is 4.72 Å². The monoisotopic (exact) mass is 303 g/mol. The Kier molecular flexibility index (Phi) is 6.32. The minimum absolute atomic E-state index is 0.00761. The Hall–Kier alpha value is -0.560. The summed E-state index contributed by atoms with van der Waals surface area (Å²) in [6.07, 6.45) is 1.16. The van der Waals surface area contributed by atoms with Gasteiger partial charge in [0.05, 0.1) is 11.9 Å². The van der Waals surface area contributed by atoms with Gasteiger partial charge in [-0.25, -0.2) is 13.1 Å². The van der Waals surface area contributed by atoms with Crippen LogP contribution in [0.2, 0.25) is 0 Å². The highest BCUT2D eigenvalue weighted by molar-refractivity contribution is 7.98. The van der Waals surface area contributed by atoms with Gasteiger partial charge in [-0.3, -0.25) is 0 Å². The summed E-state index contributed by atoms with van der Waals surface area (Å²) in [5.74, 6) is 0.140. The van der Waals surface area contributed by atoms with Gasteiger partial charge >= 0.3 is 0 Å². The Morgan fingerprint density at radius 3 is 2.32 bits per heavy atom. The number of aliphatic hydroxyl groups excluding tert-OH is 1. The summed E-state index contributed by atoms with van der Waals surface area (Å²) < 4.78 is 25.7. The molecule has 0 spiro atoms. The number of rotatable bonds is 7. The Morgan fingerprint density at radius 1 is 1.26 bits per heavy atom. The lowest BCUT2D eigenvalue weighted by Gasteiger charge is -2.14. The number of aliphatic hydroxyl groups is 1. The van der Waals surface area contributed by atoms with Gasteiger partial charge in [0.25, 0.3) is 0 Å². The highest BCUT2D eigenvalue weighted by Gasteiger charge is 2.15. The molecular weight excluding hydrogens is 282 g/mol. The van der Waals surface area contributed by atoms with Crippen LogP contribution >= 0.6 is 11.8 Å². The van der Waals surface area contributed by atoms with E-state index in [4.69, 9.17) is 0 Å². The Labute approximate surface area is 119 Å². The molecule has 2 N–H and O–H groups in total. The standard InChI is InChI=1S/C13H21NO3S2/c1-10(2)9-19(16,17)14-8-13(15)11-4-6-12(18-3)7-5-11/h4-7,10,13-15H,8-9H2,1-3H3. The first kappa shape index (κ1) is 16.5. The molecule has 0 saturated heterocycles. The molecule has 0 saturated carbocycles. The molecule has 108 valence electrons. The summed E-state index contributed by atoms with van der Waals surface area (Å²) in [6, 6.07) is 7.44. The number of nitrogens with one attached hydrogen (secondary N) is 1. The van der Waals surface area contributed by atoms with Crippen LogP contribution in [0.1, 0.15) is 25.5 Å². The third-order valence-corrected chi connectivity index (χ3v) is 5.01. The van der Waals surface area contributed by atoms with E-state index in [0.29, 0.717) is 5.56 Å². The third-order valence-electron chi connectivity index (χ3n) is 2.55. The van der Waals surface area contributed by atoms with Crippen molar-refractivity contribution in [2.45, 2.75) is 24.8 Å². The molecule has 0 bridgehead atoms. The summed E-state index contributed by atoms with van der Waals surface area (Å²) in [4.78, 5) is 1.11. The second-order valence-electron chi connectivity index (χ2n) is 4.81. The second kappa shape index (κ2) is 7.28. The van der Waals surface area contributed by atoms with E-state index in [0.717, 1.165) is 4.90 Å². The van der Waals surface area contributed by atoms with E-state index in [9.17, 15) is 13.5 Å². The minimum atomic E-state index is -3.31. The zero-order valence-corrected chi connectivity index (χ0v) is 13.1. The van der Waals surface area contributed by atoms with Crippen LogP contribution in [0.5, 0.6) is 0 Å². The normalized spacial score (nSPS) is 13.7. The first-order valence-electron chi connectivity index (χ1n) is 6.13. The maximum atomic E-state index is 11.7. The molecule has 1 aromatic carbocycles. The lowest BCUT2D eigenvalue weighted by molar-refractivity contribution is 0.182. The van der Waals surface area contributed by atoms with Gasteiger partial charge in [0.15, 0.2) is 0 Å². The van der Waals surface area contributed by atoms with E-state index < -0.39 is 16.1 Å². The first-order chi connectivity index (χ1) is 8.84. The molecule has 1 atom stereocenters. The zero-order valence-electron chi connectivity index (χ0n) is 11.5. The maximum Gasteiger partial charge on any atom is 0.211 e. The summed E-state index contributed by atoms with van der Waals surface area (Å²) in [6.45, 7) is 3.70. The van der Waals surface area contributed by atoms with E-state index in [1.807, 2.05) is 44.4 Å². The van der Waals surface area contributed by atoms with E-state index in [2.05, 4.69) is 4.72 Å². The molecule has 0 fully saturated rings. The molecule has 1 aromatic rings. The Bertz CT molecular complexity index is 483. The highest BCUT2D eigenvalue weighted by atomic mass is 32.2. The SMILES string of the molecule is CSc1ccc(C(O)CNS(=O)(=O)CC(C)C)cc1. The van der Waals surface area contributed by atoms with Crippen LogP contribution in [0.3, 0.4) is 0 Å². The lowest BCUT2D eigenvalue weighted by Crippen LogP contribution is -2.32. The van der Waals surface area contributed by atoms with Crippen LogP contribution in [-0.4, -0.2) is 32.1 Å². The first-order valence-corrected chi connectivity index (χ1v) is 9.01. The van der Waals surface area contributed by atoms with Crippen molar-refractivity contribution in [1.29, 1.82) is 0 Å². The van der Waals surface area contributed by atoms with Crippen molar-refractivity contribution in [2.24, 2.45) is 5.92 Å². The average molecular weight is 303 g/mol. The predicted molar refractivity (Wildman–Crippen MR) is 79.8 cm³/mol. The molecule has 0 aromatic heterocycles. The van der Waals surface area contributed by atoms with Gasteiger partial charge in [-0.05, 0) is 29.9 Å². The Balaban J connectivity index is 2.57. The van der Waals surface area contributed by atoms with Crippen molar-refractivity contribution in [1.82, 2.24) is 4.72 Å². The smallest absolute Gasteiger partial charge is 0.211 e. The highest BCUT2D eigenvalue weighted by Crippen LogP contribution is 2.18. The third kappa shape index (κ3) is 5.95. The molecule has 1 rings (SSSR count). The van der Waals surface area contributed by atoms with Crippen molar-refractivity contribution in [3.8, 4) is 0 Å². The predicted octanol–water partition coefficient (Wildman–Crippen LogP) is 2.02. The number of hydrogen-bond donors (Lipinski definition) is 2. The number of hydrogen-bond acceptors (Lipinski definition) is 4. The van der Waals surface area contributed by atoms with Crippen LogP contribution in [0.15, 0.2) is 29.2 Å². The van der Waals surface area contributed by atoms with E-state index in [1.54, 1.807) is 11.8 Å². The second-order valence-corrected chi connectivity index (χ2v) is 7.54. The fourth-order valence-corrected chi connectivity index (χ4v) is 3.46. The van der Waals surface area contributed by atoms with Gasteiger partial charge in [-0.1, -0.05) is 26.0 Å². The number of sulfonamides is 1. The van der Waals surface area contributed by atoms with Crippen LogP contribution in [-0.2, 0) is 10.0 Å². The Morgan fingerprint density at radius 2 is 1.84 bits per heavy atom. The summed E-state index contributed by atoms with van der Waals surface area (Å²) in [5.41, 5.74) is 0.713. The molecule has 0 heterocycles. The quantitative estimate of drug-likeness (QED) is 0.756. The fourth-order valence-electron chi connectivity index (χ4n) is 1.65. The molecule has 0 aliphatic rings. The van der Waals surface area contributed by atoms with E-state index >= 15 is 0 Å². The fraction of sp³-hybridized carbons (Fsp3) is 0.538. The summed E-state index contributed by atoms with van der Waals surface area (Å²) in [7, 11) is -3.31. The molecule has 0 aliphatic heterocycles. The van der Waals surface area contributed by atoms with Crippen LogP contribution in [0.4, 0.5) is 0 Å². The molecule has 0 radical (unpaired) electrons. The van der Waals surface area contributed by atoms with Crippen LogP contribution in [0.25, 0.3) is 0 Å². The minimum Gasteiger partial charge on any atom is -0.387 e. The van der Waals surface area contributed by atoms with E-state index in [1.165, 1.54) is 0 Å². The van der Waals surface area contributed by atoms with Crippen molar-refractivity contribution < 1.29 is 13.5 Å². The molecular formula is C13H21NO3S2. The molecule has 19 heavy (non-hydrogen) atoms. The molecule has 0 amide bonds. The van der Waals surface area contributed by atoms with Crippen molar-refractivity contribution >= 4 is 21.8 Å². The van der Waals surface area contributed by atoms with Crippen LogP contribution in [0, 0.1) is 5.92 Å². The molecule has 4 nitrogen and oxygen atoms in total. The lowest BCUT2D eigenvalue weighted by atomic mass is 10.1. The average Bonchev–Trinajstić information content (AvgIpc) is 2.34. The maximum absolute atomic E-state index is 11.7. The number of benzene rings is 1. The van der Waals surface area contributed by atoms with Crippen molar-refractivity contribution in [2.75, 3.05) is 18.6 Å². The zero-order chi connectivity index (χ0) is 14.5. The topological polar surface area (TPSA) is 66.4 Å². The summed E-state index contributed by atoms with van der Waals surface area (Å²) in [5, 5.41) is 9.95. The van der Waals surface area contributed by atoms with Gasteiger partial charge in [-0.15, -0.1) is 11.8 Å². The van der Waals surface area contributed by atoms with Crippen molar-refractivity contribution in [3.63, 3.8) is 0 Å². The summed E-state index contributed by atoms with van der Waals surface area (Å²) >= 11 is 1.62. The molecule has 1 unspecified atom stereocenters. The largest absolute Gasteiger partial charge is 0.387 e.